The van der Waals surface area contributed by atoms with Gasteiger partial charge in [0.25, 0.3) is 5.56 Å². The summed E-state index contributed by atoms with van der Waals surface area (Å²) in [5.41, 5.74) is 4.29. The van der Waals surface area contributed by atoms with Crippen LogP contribution >= 0.6 is 11.3 Å². The lowest BCUT2D eigenvalue weighted by atomic mass is 10.0. The highest BCUT2D eigenvalue weighted by Gasteiger charge is 2.28. The van der Waals surface area contributed by atoms with Crippen LogP contribution in [0.1, 0.15) is 30.4 Å². The number of thiophene rings is 1. The van der Waals surface area contributed by atoms with Crippen molar-refractivity contribution in [2.75, 3.05) is 6.54 Å². The van der Waals surface area contributed by atoms with Crippen molar-refractivity contribution in [3.8, 4) is 11.1 Å². The van der Waals surface area contributed by atoms with Gasteiger partial charge in [0.2, 0.25) is 5.91 Å². The van der Waals surface area contributed by atoms with Crippen LogP contribution in [0.15, 0.2) is 71.1 Å². The zero-order valence-electron chi connectivity index (χ0n) is 18.7. The second kappa shape index (κ2) is 9.32. The fourth-order valence-electron chi connectivity index (χ4n) is 4.69. The van der Waals surface area contributed by atoms with Gasteiger partial charge >= 0.3 is 0 Å². The van der Waals surface area contributed by atoms with Crippen molar-refractivity contribution in [2.45, 2.75) is 45.2 Å². The van der Waals surface area contributed by atoms with Gasteiger partial charge in [-0.15, -0.1) is 11.3 Å². The molecule has 0 spiro atoms. The van der Waals surface area contributed by atoms with Crippen LogP contribution in [-0.4, -0.2) is 32.9 Å². The highest BCUT2D eigenvalue weighted by molar-refractivity contribution is 7.17. The van der Waals surface area contributed by atoms with E-state index in [0.717, 1.165) is 41.8 Å². The Kier molecular flexibility index (Phi) is 6.09. The molecule has 33 heavy (non-hydrogen) atoms. The summed E-state index contributed by atoms with van der Waals surface area (Å²) >= 11 is 1.48. The Morgan fingerprint density at radius 1 is 1.12 bits per heavy atom. The lowest BCUT2D eigenvalue weighted by molar-refractivity contribution is -0.132. The van der Waals surface area contributed by atoms with Gasteiger partial charge in [0.1, 0.15) is 4.83 Å². The third-order valence-electron chi connectivity index (χ3n) is 6.50. The van der Waals surface area contributed by atoms with Crippen molar-refractivity contribution in [3.05, 3.63) is 87.8 Å². The van der Waals surface area contributed by atoms with Crippen LogP contribution < -0.4 is 5.56 Å². The molecule has 0 saturated carbocycles. The molecule has 4 aromatic rings. The molecular weight excluding hydrogens is 430 g/mol. The molecule has 6 heteroatoms. The Morgan fingerprint density at radius 3 is 2.70 bits per heavy atom. The maximum Gasteiger partial charge on any atom is 0.262 e. The van der Waals surface area contributed by atoms with Crippen LogP contribution in [0.2, 0.25) is 0 Å². The van der Waals surface area contributed by atoms with Gasteiger partial charge in [-0.1, -0.05) is 60.2 Å². The maximum atomic E-state index is 13.3. The second-order valence-corrected chi connectivity index (χ2v) is 9.62. The van der Waals surface area contributed by atoms with Crippen molar-refractivity contribution in [2.24, 2.45) is 0 Å². The lowest BCUT2D eigenvalue weighted by Crippen LogP contribution is -2.37. The van der Waals surface area contributed by atoms with Crippen LogP contribution in [0.5, 0.6) is 0 Å². The number of aryl methyl sites for hydroxylation is 2. The molecule has 2 aromatic carbocycles. The average molecular weight is 458 g/mol. The molecule has 1 atom stereocenters. The Hall–Kier alpha value is -3.25. The van der Waals surface area contributed by atoms with Gasteiger partial charge in [0.05, 0.1) is 11.7 Å². The smallest absolute Gasteiger partial charge is 0.262 e. The van der Waals surface area contributed by atoms with Gasteiger partial charge in [-0.3, -0.25) is 14.2 Å². The summed E-state index contributed by atoms with van der Waals surface area (Å²) in [6.45, 7) is 3.19. The van der Waals surface area contributed by atoms with E-state index in [2.05, 4.69) is 17.1 Å². The fourth-order valence-corrected chi connectivity index (χ4v) is 5.60. The molecule has 168 valence electrons. The predicted molar refractivity (Wildman–Crippen MR) is 134 cm³/mol. The first-order valence-corrected chi connectivity index (χ1v) is 12.3. The molecule has 5 rings (SSSR count). The van der Waals surface area contributed by atoms with Crippen molar-refractivity contribution in [1.82, 2.24) is 14.5 Å². The molecule has 0 N–H and O–H groups in total. The summed E-state index contributed by atoms with van der Waals surface area (Å²) in [5.74, 6) is 0.115. The first-order chi connectivity index (χ1) is 16.1. The van der Waals surface area contributed by atoms with Gasteiger partial charge in [0, 0.05) is 36.5 Å². The fraction of sp³-hybridized carbons (Fsp3) is 0.296. The summed E-state index contributed by atoms with van der Waals surface area (Å²) in [7, 11) is 0. The van der Waals surface area contributed by atoms with Crippen molar-refractivity contribution in [3.63, 3.8) is 0 Å². The number of likely N-dealkylation sites (tertiary alicyclic amines) is 1. The molecule has 0 bridgehead atoms. The third-order valence-corrected chi connectivity index (χ3v) is 7.39. The van der Waals surface area contributed by atoms with E-state index in [9.17, 15) is 9.59 Å². The van der Waals surface area contributed by atoms with E-state index in [0.29, 0.717) is 18.4 Å². The van der Waals surface area contributed by atoms with Crippen LogP contribution in [0.25, 0.3) is 21.3 Å². The van der Waals surface area contributed by atoms with Crippen molar-refractivity contribution < 1.29 is 4.79 Å². The van der Waals surface area contributed by atoms with E-state index in [1.807, 2.05) is 59.7 Å². The van der Waals surface area contributed by atoms with Gasteiger partial charge in [0.15, 0.2) is 0 Å². The Labute approximate surface area is 197 Å². The molecule has 0 aliphatic carbocycles. The lowest BCUT2D eigenvalue weighted by Gasteiger charge is -2.25. The number of amides is 1. The number of nitrogens with zero attached hydrogens (tertiary/aromatic N) is 3. The molecule has 1 aliphatic heterocycles. The van der Waals surface area contributed by atoms with E-state index in [1.54, 1.807) is 10.9 Å². The standard InChI is InChI=1S/C27H27N3O2S/c1-19-9-11-21(12-10-19)23-17-33-26-25(23)27(32)29(18-28-26)15-13-24(31)30-14-5-8-22(30)16-20-6-3-2-4-7-20/h2-4,6-7,9-12,17-18,22H,5,8,13-16H2,1H3. The van der Waals surface area contributed by atoms with E-state index in [1.165, 1.54) is 22.5 Å². The zero-order valence-corrected chi connectivity index (χ0v) is 19.6. The number of rotatable bonds is 6. The van der Waals surface area contributed by atoms with Crippen LogP contribution in [-0.2, 0) is 17.8 Å². The molecule has 1 saturated heterocycles. The van der Waals surface area contributed by atoms with E-state index in [-0.39, 0.29) is 17.5 Å². The molecule has 1 amide bonds. The van der Waals surface area contributed by atoms with Gasteiger partial charge < -0.3 is 4.90 Å². The highest BCUT2D eigenvalue weighted by Crippen LogP contribution is 2.30. The van der Waals surface area contributed by atoms with Gasteiger partial charge in [-0.2, -0.15) is 0 Å². The molecule has 2 aromatic heterocycles. The number of aromatic nitrogens is 2. The summed E-state index contributed by atoms with van der Waals surface area (Å²) in [6.07, 6.45) is 4.84. The minimum Gasteiger partial charge on any atom is -0.339 e. The number of carbonyl (C=O) groups excluding carboxylic acids is 1. The number of benzene rings is 2. The SMILES string of the molecule is Cc1ccc(-c2csc3ncn(CCC(=O)N4CCCC4Cc4ccccc4)c(=O)c23)cc1. The third kappa shape index (κ3) is 4.48. The Morgan fingerprint density at radius 2 is 1.91 bits per heavy atom. The van der Waals surface area contributed by atoms with E-state index in [4.69, 9.17) is 0 Å². The van der Waals surface area contributed by atoms with Crippen LogP contribution in [0.3, 0.4) is 0 Å². The Bertz CT molecular complexity index is 1330. The van der Waals surface area contributed by atoms with Gasteiger partial charge in [-0.25, -0.2) is 4.98 Å². The average Bonchev–Trinajstić information content (AvgIpc) is 3.47. The molecule has 1 aliphatic rings. The van der Waals surface area contributed by atoms with Crippen LogP contribution in [0, 0.1) is 6.92 Å². The minimum atomic E-state index is -0.0770. The number of carbonyl (C=O) groups is 1. The first kappa shape index (κ1) is 21.6. The summed E-state index contributed by atoms with van der Waals surface area (Å²) < 4.78 is 1.59. The minimum absolute atomic E-state index is 0.0770. The summed E-state index contributed by atoms with van der Waals surface area (Å²) in [5, 5.41) is 2.64. The molecule has 3 heterocycles. The van der Waals surface area contributed by atoms with E-state index >= 15 is 0 Å². The number of hydrogen-bond donors (Lipinski definition) is 0. The highest BCUT2D eigenvalue weighted by atomic mass is 32.1. The molecule has 0 radical (unpaired) electrons. The Balaban J connectivity index is 1.32. The first-order valence-electron chi connectivity index (χ1n) is 11.5. The van der Waals surface area contributed by atoms with Crippen LogP contribution in [0.4, 0.5) is 0 Å². The number of fused-ring (bicyclic) bond motifs is 1. The molecule has 1 fully saturated rings. The summed E-state index contributed by atoms with van der Waals surface area (Å²) in [6, 6.07) is 18.8. The summed E-state index contributed by atoms with van der Waals surface area (Å²) in [4.78, 5) is 33.6. The predicted octanol–water partition coefficient (Wildman–Crippen LogP) is 5.06. The zero-order chi connectivity index (χ0) is 22.8. The number of hydrogen-bond acceptors (Lipinski definition) is 4. The molecule has 5 nitrogen and oxygen atoms in total. The second-order valence-electron chi connectivity index (χ2n) is 8.76. The normalized spacial score (nSPS) is 15.9. The van der Waals surface area contributed by atoms with Gasteiger partial charge in [-0.05, 0) is 37.3 Å². The maximum absolute atomic E-state index is 13.3. The topological polar surface area (TPSA) is 55.2 Å². The van der Waals surface area contributed by atoms with E-state index < -0.39 is 0 Å². The molecular formula is C27H27N3O2S. The van der Waals surface area contributed by atoms with Crippen molar-refractivity contribution in [1.29, 1.82) is 0 Å². The molecule has 1 unspecified atom stereocenters. The van der Waals surface area contributed by atoms with Crippen molar-refractivity contribution >= 4 is 27.5 Å². The largest absolute Gasteiger partial charge is 0.339 e. The monoisotopic (exact) mass is 457 g/mol. The quantitative estimate of drug-likeness (QED) is 0.407.